The Morgan fingerprint density at radius 2 is 2.17 bits per heavy atom. The minimum absolute atomic E-state index is 0.0496. The summed E-state index contributed by atoms with van der Waals surface area (Å²) in [6, 6.07) is 1.90. The van der Waals surface area contributed by atoms with Crippen molar-refractivity contribution in [3.8, 4) is 0 Å². The van der Waals surface area contributed by atoms with Crippen LogP contribution in [0.2, 0.25) is 5.02 Å². The van der Waals surface area contributed by atoms with Gasteiger partial charge >= 0.3 is 0 Å². The first-order chi connectivity index (χ1) is 8.58. The van der Waals surface area contributed by atoms with Crippen LogP contribution >= 0.6 is 22.9 Å². The summed E-state index contributed by atoms with van der Waals surface area (Å²) in [5.74, 6) is -1.36. The molecule has 0 aliphatic rings. The summed E-state index contributed by atoms with van der Waals surface area (Å²) >= 11 is 7.33. The molecule has 18 heavy (non-hydrogen) atoms. The Morgan fingerprint density at radius 3 is 2.78 bits per heavy atom. The fourth-order valence-electron chi connectivity index (χ4n) is 1.58. The van der Waals surface area contributed by atoms with Crippen molar-refractivity contribution in [3.63, 3.8) is 0 Å². The third-order valence-corrected chi connectivity index (χ3v) is 3.80. The molecule has 0 aliphatic carbocycles. The van der Waals surface area contributed by atoms with Crippen LogP contribution in [0.3, 0.4) is 0 Å². The van der Waals surface area contributed by atoms with Crippen molar-refractivity contribution in [1.29, 1.82) is 0 Å². The van der Waals surface area contributed by atoms with E-state index in [1.54, 1.807) is 16.8 Å². The van der Waals surface area contributed by atoms with Crippen molar-refractivity contribution in [1.82, 2.24) is 4.98 Å². The number of aryl methyl sites for hydroxylation is 1. The van der Waals surface area contributed by atoms with E-state index in [1.165, 1.54) is 0 Å². The quantitative estimate of drug-likeness (QED) is 0.918. The lowest BCUT2D eigenvalue weighted by molar-refractivity contribution is 0.585. The zero-order valence-corrected chi connectivity index (χ0v) is 11.2. The fourth-order valence-corrected chi connectivity index (χ4v) is 2.62. The van der Waals surface area contributed by atoms with E-state index in [-0.39, 0.29) is 10.7 Å². The topological polar surface area (TPSA) is 24.9 Å². The Morgan fingerprint density at radius 1 is 1.39 bits per heavy atom. The van der Waals surface area contributed by atoms with Crippen molar-refractivity contribution in [3.05, 3.63) is 44.9 Å². The number of benzene rings is 1. The van der Waals surface area contributed by atoms with Crippen LogP contribution in [0.25, 0.3) is 0 Å². The standard InChI is InChI=1S/C12H11ClF2N2S/c1-7-11(18-6-17-7)2-3-16-12-9(13)4-8(14)5-10(12)15/h4-6,16H,2-3H2,1H3. The van der Waals surface area contributed by atoms with Gasteiger partial charge < -0.3 is 5.32 Å². The largest absolute Gasteiger partial charge is 0.381 e. The number of hydrogen-bond acceptors (Lipinski definition) is 3. The van der Waals surface area contributed by atoms with E-state index in [9.17, 15) is 8.78 Å². The number of rotatable bonds is 4. The van der Waals surface area contributed by atoms with Gasteiger partial charge in [-0.1, -0.05) is 11.6 Å². The molecule has 0 amide bonds. The highest BCUT2D eigenvalue weighted by Gasteiger charge is 2.09. The third-order valence-electron chi connectivity index (χ3n) is 2.51. The lowest BCUT2D eigenvalue weighted by Gasteiger charge is -2.09. The van der Waals surface area contributed by atoms with Crippen molar-refractivity contribution in [2.24, 2.45) is 0 Å². The van der Waals surface area contributed by atoms with Crippen LogP contribution in [-0.4, -0.2) is 11.5 Å². The summed E-state index contributed by atoms with van der Waals surface area (Å²) in [6.45, 7) is 2.45. The first-order valence-electron chi connectivity index (χ1n) is 5.35. The summed E-state index contributed by atoms with van der Waals surface area (Å²) in [5, 5.41) is 2.93. The minimum Gasteiger partial charge on any atom is -0.381 e. The fraction of sp³-hybridized carbons (Fsp3) is 0.250. The first kappa shape index (κ1) is 13.2. The van der Waals surface area contributed by atoms with E-state index in [2.05, 4.69) is 10.3 Å². The van der Waals surface area contributed by atoms with E-state index in [0.717, 1.165) is 29.1 Å². The van der Waals surface area contributed by atoms with Crippen LogP contribution in [-0.2, 0) is 6.42 Å². The number of nitrogens with one attached hydrogen (secondary N) is 1. The molecule has 0 unspecified atom stereocenters. The van der Waals surface area contributed by atoms with Crippen LogP contribution in [0.1, 0.15) is 10.6 Å². The molecule has 1 aromatic heterocycles. The van der Waals surface area contributed by atoms with Gasteiger partial charge in [-0.2, -0.15) is 0 Å². The predicted molar refractivity (Wildman–Crippen MR) is 70.4 cm³/mol. The van der Waals surface area contributed by atoms with Crippen molar-refractivity contribution in [2.75, 3.05) is 11.9 Å². The zero-order valence-electron chi connectivity index (χ0n) is 9.64. The molecule has 0 spiro atoms. The Labute approximate surface area is 113 Å². The van der Waals surface area contributed by atoms with E-state index in [4.69, 9.17) is 11.6 Å². The highest BCUT2D eigenvalue weighted by molar-refractivity contribution is 7.09. The van der Waals surface area contributed by atoms with Gasteiger partial charge in [0.1, 0.15) is 5.82 Å². The Hall–Kier alpha value is -1.20. The molecule has 0 saturated heterocycles. The molecule has 96 valence electrons. The molecule has 6 heteroatoms. The van der Waals surface area contributed by atoms with Crippen LogP contribution < -0.4 is 5.32 Å². The van der Waals surface area contributed by atoms with E-state index < -0.39 is 11.6 Å². The molecule has 1 N–H and O–H groups in total. The second-order valence-electron chi connectivity index (χ2n) is 3.78. The van der Waals surface area contributed by atoms with Crippen LogP contribution in [0, 0.1) is 18.6 Å². The molecule has 0 bridgehead atoms. The second-order valence-corrected chi connectivity index (χ2v) is 5.13. The van der Waals surface area contributed by atoms with Crippen LogP contribution in [0.5, 0.6) is 0 Å². The van der Waals surface area contributed by atoms with Crippen molar-refractivity contribution >= 4 is 28.6 Å². The molecule has 2 aromatic rings. The maximum atomic E-state index is 13.5. The van der Waals surface area contributed by atoms with Crippen molar-refractivity contribution < 1.29 is 8.78 Å². The van der Waals surface area contributed by atoms with Gasteiger partial charge in [-0.25, -0.2) is 13.8 Å². The SMILES string of the molecule is Cc1ncsc1CCNc1c(F)cc(F)cc1Cl. The molecule has 2 rings (SSSR count). The molecular formula is C12H11ClF2N2S. The van der Waals surface area contributed by atoms with Gasteiger partial charge in [0.15, 0.2) is 5.82 Å². The average molecular weight is 289 g/mol. The molecule has 0 fully saturated rings. The van der Waals surface area contributed by atoms with E-state index in [0.29, 0.717) is 6.54 Å². The molecule has 1 aromatic carbocycles. The molecule has 1 heterocycles. The van der Waals surface area contributed by atoms with Gasteiger partial charge in [-0.05, 0) is 13.0 Å². The predicted octanol–water partition coefficient (Wildman–Crippen LogP) is 4.04. The molecule has 0 radical (unpaired) electrons. The first-order valence-corrected chi connectivity index (χ1v) is 6.61. The van der Waals surface area contributed by atoms with E-state index in [1.807, 2.05) is 6.92 Å². The second kappa shape index (κ2) is 5.63. The maximum Gasteiger partial charge on any atom is 0.150 e. The number of hydrogen-bond donors (Lipinski definition) is 1. The summed E-state index contributed by atoms with van der Waals surface area (Å²) in [4.78, 5) is 5.27. The van der Waals surface area contributed by atoms with Gasteiger partial charge in [-0.3, -0.25) is 0 Å². The third kappa shape index (κ3) is 2.97. The minimum atomic E-state index is -0.680. The monoisotopic (exact) mass is 288 g/mol. The van der Waals surface area contributed by atoms with Gasteiger partial charge in [0.25, 0.3) is 0 Å². The summed E-state index contributed by atoms with van der Waals surface area (Å²) in [5.41, 5.74) is 2.89. The van der Waals surface area contributed by atoms with Gasteiger partial charge in [-0.15, -0.1) is 11.3 Å². The van der Waals surface area contributed by atoms with Gasteiger partial charge in [0.05, 0.1) is 21.9 Å². The average Bonchev–Trinajstić information content (AvgIpc) is 2.68. The molecule has 2 nitrogen and oxygen atoms in total. The Bertz CT molecular complexity index is 534. The molecule has 0 aliphatic heterocycles. The number of nitrogens with zero attached hydrogens (tertiary/aromatic N) is 1. The molecule has 0 saturated carbocycles. The lowest BCUT2D eigenvalue weighted by Crippen LogP contribution is -2.07. The summed E-state index contributed by atoms with van der Waals surface area (Å²) in [7, 11) is 0. The smallest absolute Gasteiger partial charge is 0.150 e. The molecular weight excluding hydrogens is 278 g/mol. The van der Waals surface area contributed by atoms with Crippen LogP contribution in [0.15, 0.2) is 17.6 Å². The summed E-state index contributed by atoms with van der Waals surface area (Å²) in [6.07, 6.45) is 0.726. The highest BCUT2D eigenvalue weighted by Crippen LogP contribution is 2.26. The number of aromatic nitrogens is 1. The van der Waals surface area contributed by atoms with Crippen molar-refractivity contribution in [2.45, 2.75) is 13.3 Å². The normalized spacial score (nSPS) is 10.7. The Balaban J connectivity index is 2.01. The molecule has 0 atom stereocenters. The number of thiazole rings is 1. The van der Waals surface area contributed by atoms with Crippen LogP contribution in [0.4, 0.5) is 14.5 Å². The zero-order chi connectivity index (χ0) is 13.1. The highest BCUT2D eigenvalue weighted by atomic mass is 35.5. The van der Waals surface area contributed by atoms with E-state index >= 15 is 0 Å². The van der Waals surface area contributed by atoms with Gasteiger partial charge in [0, 0.05) is 23.9 Å². The number of halogens is 3. The lowest BCUT2D eigenvalue weighted by atomic mass is 10.2. The maximum absolute atomic E-state index is 13.5. The van der Waals surface area contributed by atoms with Gasteiger partial charge in [0.2, 0.25) is 0 Å². The number of anilines is 1. The summed E-state index contributed by atoms with van der Waals surface area (Å²) < 4.78 is 26.3. The Kier molecular flexibility index (Phi) is 4.14.